The summed E-state index contributed by atoms with van der Waals surface area (Å²) in [5.41, 5.74) is 3.55. The lowest BCUT2D eigenvalue weighted by atomic mass is 10.1. The number of ether oxygens (including phenoxy) is 2. The van der Waals surface area contributed by atoms with Crippen molar-refractivity contribution in [1.82, 2.24) is 19.2 Å². The van der Waals surface area contributed by atoms with Gasteiger partial charge in [0.1, 0.15) is 5.82 Å². The van der Waals surface area contributed by atoms with Crippen molar-refractivity contribution in [2.75, 3.05) is 21.3 Å². The topological polar surface area (TPSA) is 44.5 Å². The molecule has 0 aliphatic rings. The third-order valence-electron chi connectivity index (χ3n) is 4.99. The lowest BCUT2D eigenvalue weighted by Crippen LogP contribution is -2.23. The van der Waals surface area contributed by atoms with E-state index >= 15 is 0 Å². The maximum absolute atomic E-state index is 5.61. The van der Waals surface area contributed by atoms with Crippen LogP contribution in [0.2, 0.25) is 0 Å². The van der Waals surface area contributed by atoms with Crippen molar-refractivity contribution in [2.45, 2.75) is 26.6 Å². The Morgan fingerprint density at radius 1 is 1.07 bits per heavy atom. The highest BCUT2D eigenvalue weighted by atomic mass is 32.1. The smallest absolute Gasteiger partial charge is 0.198 e. The number of aryl methyl sites for hydroxylation is 1. The number of methoxy groups -OCH3 is 2. The molecule has 3 aromatic rings. The largest absolute Gasteiger partial charge is 0.493 e. The van der Waals surface area contributed by atoms with Crippen molar-refractivity contribution in [3.63, 3.8) is 0 Å². The van der Waals surface area contributed by atoms with Crippen LogP contribution in [-0.4, -0.2) is 40.5 Å². The number of aromatic nitrogens is 3. The molecule has 7 heteroatoms. The molecule has 6 nitrogen and oxygen atoms in total. The zero-order valence-electron chi connectivity index (χ0n) is 17.7. The van der Waals surface area contributed by atoms with Crippen LogP contribution in [0, 0.1) is 11.7 Å². The molecule has 0 atom stereocenters. The highest BCUT2D eigenvalue weighted by molar-refractivity contribution is 7.71. The van der Waals surface area contributed by atoms with Crippen LogP contribution < -0.4 is 9.47 Å². The van der Waals surface area contributed by atoms with Gasteiger partial charge in [-0.2, -0.15) is 5.10 Å². The first-order valence-electron chi connectivity index (χ1n) is 9.49. The SMILES string of the molecule is COc1cc(C)c(CN(C)Cn2nc(Cc3ccccc3)n(C)c2=S)cc1OC. The molecule has 0 N–H and O–H groups in total. The molecule has 0 radical (unpaired) electrons. The van der Waals surface area contributed by atoms with Crippen molar-refractivity contribution in [3.8, 4) is 11.5 Å². The third-order valence-corrected chi connectivity index (χ3v) is 5.48. The molecule has 0 spiro atoms. The Morgan fingerprint density at radius 3 is 2.38 bits per heavy atom. The number of nitrogens with zero attached hydrogens (tertiary/aromatic N) is 4. The number of benzene rings is 2. The van der Waals surface area contributed by atoms with Gasteiger partial charge in [0.05, 0.1) is 20.9 Å². The van der Waals surface area contributed by atoms with Gasteiger partial charge in [-0.15, -0.1) is 0 Å². The normalized spacial score (nSPS) is 11.1. The average molecular weight is 413 g/mol. The highest BCUT2D eigenvalue weighted by Crippen LogP contribution is 2.30. The van der Waals surface area contributed by atoms with Crippen molar-refractivity contribution < 1.29 is 9.47 Å². The van der Waals surface area contributed by atoms with Crippen LogP contribution in [0.25, 0.3) is 0 Å². The first-order chi connectivity index (χ1) is 13.9. The van der Waals surface area contributed by atoms with Crippen LogP contribution in [0.5, 0.6) is 11.5 Å². The zero-order valence-corrected chi connectivity index (χ0v) is 18.5. The molecule has 154 valence electrons. The Labute approximate surface area is 177 Å². The number of hydrogen-bond donors (Lipinski definition) is 0. The molecule has 0 saturated carbocycles. The molecule has 29 heavy (non-hydrogen) atoms. The number of hydrogen-bond acceptors (Lipinski definition) is 5. The van der Waals surface area contributed by atoms with E-state index in [2.05, 4.69) is 31.0 Å². The fraction of sp³-hybridized carbons (Fsp3) is 0.364. The Bertz CT molecular complexity index is 1030. The van der Waals surface area contributed by atoms with E-state index in [-0.39, 0.29) is 0 Å². The predicted octanol–water partition coefficient (Wildman–Crippen LogP) is 3.96. The fourth-order valence-corrected chi connectivity index (χ4v) is 3.52. The van der Waals surface area contributed by atoms with Crippen LogP contribution in [0.4, 0.5) is 0 Å². The molecule has 0 amide bonds. The number of rotatable bonds is 8. The first kappa shape index (κ1) is 21.1. The van der Waals surface area contributed by atoms with E-state index in [1.165, 1.54) is 11.1 Å². The van der Waals surface area contributed by atoms with E-state index in [1.807, 2.05) is 46.6 Å². The van der Waals surface area contributed by atoms with Crippen molar-refractivity contribution >= 4 is 12.2 Å². The van der Waals surface area contributed by atoms with Gasteiger partial charge < -0.3 is 14.0 Å². The summed E-state index contributed by atoms with van der Waals surface area (Å²) < 4.78 is 15.4. The minimum atomic E-state index is 0.606. The van der Waals surface area contributed by atoms with Gasteiger partial charge in [-0.25, -0.2) is 4.68 Å². The van der Waals surface area contributed by atoms with Gasteiger partial charge in [-0.3, -0.25) is 4.90 Å². The van der Waals surface area contributed by atoms with Crippen molar-refractivity contribution in [1.29, 1.82) is 0 Å². The molecular formula is C22H28N4O2S. The molecule has 2 aromatic carbocycles. The minimum Gasteiger partial charge on any atom is -0.493 e. The van der Waals surface area contributed by atoms with E-state index in [1.54, 1.807) is 14.2 Å². The van der Waals surface area contributed by atoms with Crippen LogP contribution in [0.1, 0.15) is 22.5 Å². The van der Waals surface area contributed by atoms with Crippen LogP contribution in [0.15, 0.2) is 42.5 Å². The highest BCUT2D eigenvalue weighted by Gasteiger charge is 2.13. The van der Waals surface area contributed by atoms with Gasteiger partial charge in [0, 0.05) is 20.0 Å². The first-order valence-corrected chi connectivity index (χ1v) is 9.90. The van der Waals surface area contributed by atoms with Crippen LogP contribution >= 0.6 is 12.2 Å². The van der Waals surface area contributed by atoms with Crippen LogP contribution in [0.3, 0.4) is 0 Å². The quantitative estimate of drug-likeness (QED) is 0.524. The summed E-state index contributed by atoms with van der Waals surface area (Å²) in [5, 5.41) is 4.76. The Balaban J connectivity index is 1.75. The van der Waals surface area contributed by atoms with E-state index in [4.69, 9.17) is 26.8 Å². The lowest BCUT2D eigenvalue weighted by Gasteiger charge is -2.19. The van der Waals surface area contributed by atoms with E-state index in [0.29, 0.717) is 11.4 Å². The lowest BCUT2D eigenvalue weighted by molar-refractivity contribution is 0.242. The van der Waals surface area contributed by atoms with Crippen LogP contribution in [-0.2, 0) is 26.7 Å². The molecular weight excluding hydrogens is 384 g/mol. The van der Waals surface area contributed by atoms with Gasteiger partial charge in [0.25, 0.3) is 0 Å². The predicted molar refractivity (Wildman–Crippen MR) is 117 cm³/mol. The molecule has 0 fully saturated rings. The molecule has 0 unspecified atom stereocenters. The molecule has 0 aliphatic heterocycles. The summed E-state index contributed by atoms with van der Waals surface area (Å²) in [6.07, 6.45) is 0.756. The maximum Gasteiger partial charge on any atom is 0.198 e. The van der Waals surface area contributed by atoms with Gasteiger partial charge in [0.15, 0.2) is 16.3 Å². The van der Waals surface area contributed by atoms with Gasteiger partial charge in [0.2, 0.25) is 0 Å². The molecule has 3 rings (SSSR count). The fourth-order valence-electron chi connectivity index (χ4n) is 3.32. The Hall–Kier alpha value is -2.64. The third kappa shape index (κ3) is 4.86. The second-order valence-electron chi connectivity index (χ2n) is 7.21. The summed E-state index contributed by atoms with van der Waals surface area (Å²) >= 11 is 5.61. The van der Waals surface area contributed by atoms with Crippen molar-refractivity contribution in [3.05, 3.63) is 69.8 Å². The Morgan fingerprint density at radius 2 is 1.72 bits per heavy atom. The monoisotopic (exact) mass is 412 g/mol. The summed E-state index contributed by atoms with van der Waals surface area (Å²) in [5.74, 6) is 2.44. The van der Waals surface area contributed by atoms with Crippen molar-refractivity contribution in [2.24, 2.45) is 7.05 Å². The summed E-state index contributed by atoms with van der Waals surface area (Å²) in [7, 11) is 7.34. The summed E-state index contributed by atoms with van der Waals surface area (Å²) in [4.78, 5) is 2.18. The van der Waals surface area contributed by atoms with Gasteiger partial charge >= 0.3 is 0 Å². The average Bonchev–Trinajstić information content (AvgIpc) is 2.97. The second kappa shape index (κ2) is 9.24. The Kier molecular flexibility index (Phi) is 6.71. The molecule has 0 saturated heterocycles. The molecule has 1 aromatic heterocycles. The minimum absolute atomic E-state index is 0.606. The standard InChI is InChI=1S/C22H28N4O2S/c1-16-11-19(27-4)20(28-5)13-18(16)14-24(2)15-26-22(29)25(3)21(23-26)12-17-9-7-6-8-10-17/h6-11,13H,12,14-15H2,1-5H3. The van der Waals surface area contributed by atoms with E-state index < -0.39 is 0 Å². The maximum atomic E-state index is 5.61. The molecule has 0 bridgehead atoms. The van der Waals surface area contributed by atoms with Gasteiger partial charge in [-0.1, -0.05) is 30.3 Å². The summed E-state index contributed by atoms with van der Waals surface area (Å²) in [6, 6.07) is 14.4. The van der Waals surface area contributed by atoms with E-state index in [9.17, 15) is 0 Å². The molecule has 1 heterocycles. The zero-order chi connectivity index (χ0) is 21.0. The van der Waals surface area contributed by atoms with Gasteiger partial charge in [-0.05, 0) is 55.0 Å². The summed E-state index contributed by atoms with van der Waals surface area (Å²) in [6.45, 7) is 3.43. The molecule has 0 aliphatic carbocycles. The second-order valence-corrected chi connectivity index (χ2v) is 7.57. The van der Waals surface area contributed by atoms with E-state index in [0.717, 1.165) is 35.9 Å².